The van der Waals surface area contributed by atoms with E-state index in [0.717, 1.165) is 4.31 Å². The molecule has 0 heterocycles. The Bertz CT molecular complexity index is 631. The van der Waals surface area contributed by atoms with Crippen molar-refractivity contribution in [2.45, 2.75) is 11.8 Å². The van der Waals surface area contributed by atoms with E-state index in [1.807, 2.05) is 0 Å². The lowest BCUT2D eigenvalue weighted by atomic mass is 10.3. The fourth-order valence-electron chi connectivity index (χ4n) is 1.69. The molecule has 0 saturated carbocycles. The lowest BCUT2D eigenvalue weighted by molar-refractivity contribution is 0.198. The van der Waals surface area contributed by atoms with Crippen LogP contribution in [0, 0.1) is 0 Å². The third-order valence-electron chi connectivity index (χ3n) is 2.87. The van der Waals surface area contributed by atoms with E-state index in [0.29, 0.717) is 25.5 Å². The lowest BCUT2D eigenvalue weighted by Crippen LogP contribution is -2.31. The number of benzene rings is 1. The van der Waals surface area contributed by atoms with Crippen molar-refractivity contribution >= 4 is 21.7 Å². The molecule has 0 spiro atoms. The fourth-order valence-corrected chi connectivity index (χ4v) is 2.62. The minimum absolute atomic E-state index is 0.0677. The third-order valence-corrected chi connectivity index (χ3v) is 4.68. The molecule has 0 saturated heterocycles. The van der Waals surface area contributed by atoms with Crippen LogP contribution in [0.4, 0.5) is 10.5 Å². The summed E-state index contributed by atoms with van der Waals surface area (Å²) in [6.07, 6.45) is 0. The van der Waals surface area contributed by atoms with Crippen LogP contribution in [0.25, 0.3) is 0 Å². The van der Waals surface area contributed by atoms with Crippen molar-refractivity contribution in [1.82, 2.24) is 9.62 Å². The monoisotopic (exact) mass is 345 g/mol. The molecule has 9 heteroatoms. The number of ether oxygens (including phenoxy) is 2. The maximum atomic E-state index is 12.2. The number of carbonyl (C=O) groups is 1. The van der Waals surface area contributed by atoms with Gasteiger partial charge >= 0.3 is 6.03 Å². The van der Waals surface area contributed by atoms with E-state index in [2.05, 4.69) is 10.6 Å². The molecule has 1 aromatic rings. The zero-order valence-corrected chi connectivity index (χ0v) is 14.6. The van der Waals surface area contributed by atoms with Crippen molar-refractivity contribution in [3.8, 4) is 5.75 Å². The smallest absolute Gasteiger partial charge is 0.319 e. The molecule has 0 aliphatic rings. The number of rotatable bonds is 8. The molecular formula is C14H23N3O5S. The molecule has 0 radical (unpaired) electrons. The zero-order valence-electron chi connectivity index (χ0n) is 13.8. The SMILES string of the molecule is CCOc1ccc(S(=O)(=O)N(C)C)cc1NC(=O)NCCOC. The molecule has 1 rings (SSSR count). The van der Waals surface area contributed by atoms with Crippen LogP contribution in [-0.4, -0.2) is 59.7 Å². The molecule has 23 heavy (non-hydrogen) atoms. The van der Waals surface area contributed by atoms with Crippen LogP contribution < -0.4 is 15.4 Å². The van der Waals surface area contributed by atoms with Gasteiger partial charge in [-0.2, -0.15) is 0 Å². The van der Waals surface area contributed by atoms with Crippen molar-refractivity contribution in [3.63, 3.8) is 0 Å². The number of hydrogen-bond acceptors (Lipinski definition) is 5. The van der Waals surface area contributed by atoms with E-state index in [4.69, 9.17) is 9.47 Å². The van der Waals surface area contributed by atoms with Gasteiger partial charge < -0.3 is 20.1 Å². The highest BCUT2D eigenvalue weighted by Crippen LogP contribution is 2.28. The van der Waals surface area contributed by atoms with Crippen molar-refractivity contribution in [3.05, 3.63) is 18.2 Å². The zero-order chi connectivity index (χ0) is 17.5. The Hall–Kier alpha value is -1.84. The highest BCUT2D eigenvalue weighted by Gasteiger charge is 2.19. The molecule has 0 aliphatic heterocycles. The van der Waals surface area contributed by atoms with Gasteiger partial charge in [0.25, 0.3) is 0 Å². The van der Waals surface area contributed by atoms with E-state index in [1.54, 1.807) is 6.92 Å². The summed E-state index contributed by atoms with van der Waals surface area (Å²) in [5.41, 5.74) is 0.282. The molecule has 0 aliphatic carbocycles. The van der Waals surface area contributed by atoms with Gasteiger partial charge in [-0.1, -0.05) is 0 Å². The Morgan fingerprint density at radius 3 is 2.57 bits per heavy atom. The van der Waals surface area contributed by atoms with Gasteiger partial charge in [0.2, 0.25) is 10.0 Å². The maximum Gasteiger partial charge on any atom is 0.319 e. The molecule has 1 aromatic carbocycles. The van der Waals surface area contributed by atoms with Crippen LogP contribution >= 0.6 is 0 Å². The highest BCUT2D eigenvalue weighted by atomic mass is 32.2. The molecule has 2 amide bonds. The van der Waals surface area contributed by atoms with Gasteiger partial charge in [0.15, 0.2) is 0 Å². The molecule has 0 atom stereocenters. The summed E-state index contributed by atoms with van der Waals surface area (Å²) in [6, 6.07) is 3.86. The Morgan fingerprint density at radius 1 is 1.30 bits per heavy atom. The summed E-state index contributed by atoms with van der Waals surface area (Å²) in [4.78, 5) is 11.9. The van der Waals surface area contributed by atoms with Gasteiger partial charge in [-0.25, -0.2) is 17.5 Å². The number of nitrogens with one attached hydrogen (secondary N) is 2. The van der Waals surface area contributed by atoms with Crippen LogP contribution in [-0.2, 0) is 14.8 Å². The summed E-state index contributed by atoms with van der Waals surface area (Å²) < 4.78 is 35.7. The molecule has 2 N–H and O–H groups in total. The second-order valence-electron chi connectivity index (χ2n) is 4.75. The van der Waals surface area contributed by atoms with Crippen molar-refractivity contribution in [2.75, 3.05) is 46.3 Å². The molecule has 130 valence electrons. The number of sulfonamides is 1. The van der Waals surface area contributed by atoms with Crippen LogP contribution in [0.15, 0.2) is 23.1 Å². The number of urea groups is 1. The number of methoxy groups -OCH3 is 1. The number of hydrogen-bond donors (Lipinski definition) is 2. The maximum absolute atomic E-state index is 12.2. The number of amides is 2. The third kappa shape index (κ3) is 5.38. The average molecular weight is 345 g/mol. The summed E-state index contributed by atoms with van der Waals surface area (Å²) >= 11 is 0. The Labute approximate surface area is 136 Å². The first-order valence-electron chi connectivity index (χ1n) is 7.06. The molecule has 0 unspecified atom stereocenters. The van der Waals surface area contributed by atoms with Crippen LogP contribution in [0.3, 0.4) is 0 Å². The summed E-state index contributed by atoms with van der Waals surface area (Å²) in [5.74, 6) is 0.395. The highest BCUT2D eigenvalue weighted by molar-refractivity contribution is 7.89. The normalized spacial score (nSPS) is 11.3. The minimum Gasteiger partial charge on any atom is -0.492 e. The second kappa shape index (κ2) is 8.70. The predicted molar refractivity (Wildman–Crippen MR) is 87.4 cm³/mol. The summed E-state index contributed by atoms with van der Waals surface area (Å²) in [5, 5.41) is 5.18. The molecular weight excluding hydrogens is 322 g/mol. The standard InChI is InChI=1S/C14H23N3O5S/c1-5-22-13-7-6-11(23(19,20)17(2)3)10-12(13)16-14(18)15-8-9-21-4/h6-7,10H,5,8-9H2,1-4H3,(H2,15,16,18). The lowest BCUT2D eigenvalue weighted by Gasteiger charge is -2.16. The second-order valence-corrected chi connectivity index (χ2v) is 6.90. The molecule has 0 aromatic heterocycles. The molecule has 0 fully saturated rings. The van der Waals surface area contributed by atoms with Crippen molar-refractivity contribution in [2.24, 2.45) is 0 Å². The van der Waals surface area contributed by atoms with Gasteiger partial charge in [0, 0.05) is 27.7 Å². The van der Waals surface area contributed by atoms with E-state index < -0.39 is 16.1 Å². The molecule has 0 bridgehead atoms. The summed E-state index contributed by atoms with van der Waals surface area (Å²) in [7, 11) is 0.810. The Morgan fingerprint density at radius 2 is 2.00 bits per heavy atom. The quantitative estimate of drug-likeness (QED) is 0.688. The number of carbonyl (C=O) groups excluding carboxylic acids is 1. The van der Waals surface area contributed by atoms with Crippen molar-refractivity contribution < 1.29 is 22.7 Å². The number of anilines is 1. The minimum atomic E-state index is -3.60. The largest absolute Gasteiger partial charge is 0.492 e. The van der Waals surface area contributed by atoms with Gasteiger partial charge in [-0.05, 0) is 25.1 Å². The van der Waals surface area contributed by atoms with E-state index >= 15 is 0 Å². The topological polar surface area (TPSA) is 97.0 Å². The first kappa shape index (κ1) is 19.2. The first-order chi connectivity index (χ1) is 10.8. The van der Waals surface area contributed by atoms with Crippen LogP contribution in [0.5, 0.6) is 5.75 Å². The van der Waals surface area contributed by atoms with Gasteiger partial charge in [0.05, 0.1) is 23.8 Å². The first-order valence-corrected chi connectivity index (χ1v) is 8.50. The fraction of sp³-hybridized carbons (Fsp3) is 0.500. The Balaban J connectivity index is 3.04. The Kier molecular flexibility index (Phi) is 7.27. The van der Waals surface area contributed by atoms with E-state index in [9.17, 15) is 13.2 Å². The van der Waals surface area contributed by atoms with Gasteiger partial charge in [-0.15, -0.1) is 0 Å². The van der Waals surface area contributed by atoms with Gasteiger partial charge in [-0.3, -0.25) is 0 Å². The number of nitrogens with zero attached hydrogens (tertiary/aromatic N) is 1. The molecule has 8 nitrogen and oxygen atoms in total. The van der Waals surface area contributed by atoms with Crippen LogP contribution in [0.1, 0.15) is 6.92 Å². The van der Waals surface area contributed by atoms with E-state index in [-0.39, 0.29) is 10.6 Å². The van der Waals surface area contributed by atoms with Crippen LogP contribution in [0.2, 0.25) is 0 Å². The van der Waals surface area contributed by atoms with Gasteiger partial charge in [0.1, 0.15) is 5.75 Å². The van der Waals surface area contributed by atoms with E-state index in [1.165, 1.54) is 39.4 Å². The van der Waals surface area contributed by atoms with Crippen molar-refractivity contribution in [1.29, 1.82) is 0 Å². The predicted octanol–water partition coefficient (Wildman–Crippen LogP) is 1.10. The summed E-state index contributed by atoms with van der Waals surface area (Å²) in [6.45, 7) is 2.90. The average Bonchev–Trinajstić information content (AvgIpc) is 2.49.